The molecular weight excluding hydrogens is 473 g/mol. The third kappa shape index (κ3) is 5.51. The van der Waals surface area contributed by atoms with Crippen LogP contribution in [0.1, 0.15) is 10.4 Å². The Hall–Kier alpha value is -2.55. The fraction of sp³-hybridized carbons (Fsp3) is 0.0833. The van der Waals surface area contributed by atoms with Crippen molar-refractivity contribution in [3.8, 4) is 23.0 Å². The minimum absolute atomic E-state index is 0. The standard InChI is InChI=1S/C24H18ClNO5S.Na/c1-29-19-11-18-21(13-20(19)30-2)32-22(23(18)31-16-5-3-15(25)4-6-16)12-17(24(27)28)14-7-9-26-10-8-14;/h3-13H,1-2H3,(H,27,28);/q;+1/p-1/b17-12+;. The number of halogens is 1. The number of pyridine rings is 1. The number of nitrogens with zero attached hydrogens (tertiary/aromatic N) is 1. The van der Waals surface area contributed by atoms with E-state index in [4.69, 9.17) is 25.8 Å². The molecule has 0 bridgehead atoms. The molecule has 0 radical (unpaired) electrons. The Kier molecular flexibility index (Phi) is 8.40. The van der Waals surface area contributed by atoms with E-state index in [9.17, 15) is 9.90 Å². The molecule has 0 unspecified atom stereocenters. The van der Waals surface area contributed by atoms with Crippen molar-refractivity contribution in [2.24, 2.45) is 0 Å². The van der Waals surface area contributed by atoms with Gasteiger partial charge in [-0.05, 0) is 54.1 Å². The van der Waals surface area contributed by atoms with Crippen LogP contribution in [0.3, 0.4) is 0 Å². The number of thiophene rings is 1. The zero-order chi connectivity index (χ0) is 22.7. The Bertz CT molecular complexity index is 1310. The maximum atomic E-state index is 11.9. The van der Waals surface area contributed by atoms with Crippen LogP contribution in [-0.4, -0.2) is 25.2 Å². The van der Waals surface area contributed by atoms with E-state index in [0.717, 1.165) is 10.1 Å². The van der Waals surface area contributed by atoms with Crippen molar-refractivity contribution in [2.75, 3.05) is 14.2 Å². The van der Waals surface area contributed by atoms with Gasteiger partial charge in [-0.25, -0.2) is 0 Å². The molecule has 0 spiro atoms. The van der Waals surface area contributed by atoms with Crippen LogP contribution in [0.25, 0.3) is 21.7 Å². The van der Waals surface area contributed by atoms with E-state index < -0.39 is 5.97 Å². The van der Waals surface area contributed by atoms with Gasteiger partial charge in [0, 0.05) is 39.1 Å². The van der Waals surface area contributed by atoms with Crippen molar-refractivity contribution >= 4 is 50.6 Å². The van der Waals surface area contributed by atoms with Gasteiger partial charge in [0.15, 0.2) is 17.2 Å². The Morgan fingerprint density at radius 1 is 1.03 bits per heavy atom. The van der Waals surface area contributed by atoms with Crippen molar-refractivity contribution < 1.29 is 53.7 Å². The number of fused-ring (bicyclic) bond motifs is 1. The van der Waals surface area contributed by atoms with Gasteiger partial charge in [-0.1, -0.05) is 11.6 Å². The molecule has 0 aliphatic heterocycles. The number of aromatic nitrogens is 1. The number of carboxylic acids is 1. The summed E-state index contributed by atoms with van der Waals surface area (Å²) in [5.74, 6) is 0.826. The SMILES string of the molecule is COc1cc2sc(/C=C(/C(=O)[O-])c3ccncc3)c(Oc3ccc(Cl)cc3)c2cc1OC.[Na+]. The largest absolute Gasteiger partial charge is 1.00 e. The molecule has 0 fully saturated rings. The topological polar surface area (TPSA) is 80.7 Å². The van der Waals surface area contributed by atoms with Crippen molar-refractivity contribution in [3.05, 3.63) is 76.4 Å². The molecule has 0 N–H and O–H groups in total. The first-order valence-electron chi connectivity index (χ1n) is 9.45. The summed E-state index contributed by atoms with van der Waals surface area (Å²) >= 11 is 7.36. The molecule has 6 nitrogen and oxygen atoms in total. The van der Waals surface area contributed by atoms with E-state index in [-0.39, 0.29) is 35.1 Å². The zero-order valence-electron chi connectivity index (χ0n) is 18.1. The second-order valence-electron chi connectivity index (χ2n) is 6.64. The van der Waals surface area contributed by atoms with E-state index in [2.05, 4.69) is 4.98 Å². The normalized spacial score (nSPS) is 11.1. The third-order valence-corrected chi connectivity index (χ3v) is 6.03. The summed E-state index contributed by atoms with van der Waals surface area (Å²) < 4.78 is 17.9. The number of carbonyl (C=O) groups is 1. The molecule has 2 heterocycles. The zero-order valence-corrected chi connectivity index (χ0v) is 21.7. The molecule has 0 atom stereocenters. The van der Waals surface area contributed by atoms with Gasteiger partial charge in [0.25, 0.3) is 0 Å². The van der Waals surface area contributed by atoms with Crippen LogP contribution in [0.15, 0.2) is 60.9 Å². The fourth-order valence-electron chi connectivity index (χ4n) is 3.16. The molecule has 2 aromatic carbocycles. The Balaban J connectivity index is 0.00000306. The third-order valence-electron chi connectivity index (χ3n) is 4.69. The summed E-state index contributed by atoms with van der Waals surface area (Å²) in [7, 11) is 3.11. The van der Waals surface area contributed by atoms with Crippen LogP contribution in [0, 0.1) is 0 Å². The van der Waals surface area contributed by atoms with E-state index >= 15 is 0 Å². The van der Waals surface area contributed by atoms with Crippen molar-refractivity contribution in [3.63, 3.8) is 0 Å². The summed E-state index contributed by atoms with van der Waals surface area (Å²) in [5.41, 5.74) is 0.490. The van der Waals surface area contributed by atoms with E-state index in [0.29, 0.717) is 38.5 Å². The van der Waals surface area contributed by atoms with Gasteiger partial charge in [-0.2, -0.15) is 0 Å². The van der Waals surface area contributed by atoms with Crippen LogP contribution in [0.2, 0.25) is 5.02 Å². The smallest absolute Gasteiger partial charge is 0.545 e. The molecule has 0 amide bonds. The Labute approximate surface area is 221 Å². The van der Waals surface area contributed by atoms with Crippen molar-refractivity contribution in [2.45, 2.75) is 0 Å². The Morgan fingerprint density at radius 2 is 1.67 bits per heavy atom. The Morgan fingerprint density at radius 3 is 2.27 bits per heavy atom. The number of hydrogen-bond donors (Lipinski definition) is 0. The van der Waals surface area contributed by atoms with Gasteiger partial charge in [0.2, 0.25) is 0 Å². The molecule has 0 saturated carbocycles. The van der Waals surface area contributed by atoms with Gasteiger partial charge in [-0.15, -0.1) is 11.3 Å². The minimum Gasteiger partial charge on any atom is -0.545 e. The predicted octanol–water partition coefficient (Wildman–Crippen LogP) is 2.05. The van der Waals surface area contributed by atoms with Gasteiger partial charge in [-0.3, -0.25) is 4.98 Å². The van der Waals surface area contributed by atoms with Crippen LogP contribution in [0.4, 0.5) is 0 Å². The number of ether oxygens (including phenoxy) is 3. The molecule has 4 rings (SSSR count). The fourth-order valence-corrected chi connectivity index (χ4v) is 4.37. The van der Waals surface area contributed by atoms with E-state index in [1.165, 1.54) is 23.7 Å². The van der Waals surface area contributed by atoms with Crippen LogP contribution in [0.5, 0.6) is 23.0 Å². The van der Waals surface area contributed by atoms with Gasteiger partial charge in [0.1, 0.15) is 5.75 Å². The number of carboxylic acid groups (broad SMARTS) is 1. The molecule has 2 aromatic heterocycles. The quantitative estimate of drug-likeness (QED) is 0.292. The average molecular weight is 490 g/mol. The van der Waals surface area contributed by atoms with Crippen LogP contribution >= 0.6 is 22.9 Å². The first-order valence-corrected chi connectivity index (χ1v) is 10.6. The number of aliphatic carboxylic acids is 1. The molecular formula is C24H17ClNNaO5S. The maximum absolute atomic E-state index is 11.9. The summed E-state index contributed by atoms with van der Waals surface area (Å²) in [6.07, 6.45) is 4.59. The molecule has 9 heteroatoms. The van der Waals surface area contributed by atoms with E-state index in [1.807, 2.05) is 6.07 Å². The molecule has 0 aliphatic rings. The molecule has 0 aliphatic carbocycles. The van der Waals surface area contributed by atoms with E-state index in [1.54, 1.807) is 62.8 Å². The van der Waals surface area contributed by atoms with Crippen LogP contribution < -0.4 is 48.9 Å². The number of hydrogen-bond acceptors (Lipinski definition) is 7. The number of methoxy groups -OCH3 is 2. The van der Waals surface area contributed by atoms with Gasteiger partial charge in [0.05, 0.1) is 25.1 Å². The van der Waals surface area contributed by atoms with Crippen molar-refractivity contribution in [1.29, 1.82) is 0 Å². The number of rotatable bonds is 7. The first-order chi connectivity index (χ1) is 15.5. The summed E-state index contributed by atoms with van der Waals surface area (Å²) in [4.78, 5) is 16.5. The van der Waals surface area contributed by atoms with Crippen LogP contribution in [-0.2, 0) is 4.79 Å². The molecule has 162 valence electrons. The average Bonchev–Trinajstić information content (AvgIpc) is 3.14. The molecule has 33 heavy (non-hydrogen) atoms. The second kappa shape index (κ2) is 11.0. The summed E-state index contributed by atoms with van der Waals surface area (Å²) in [5, 5.41) is 13.3. The maximum Gasteiger partial charge on any atom is 1.00 e. The van der Waals surface area contributed by atoms with Gasteiger partial charge >= 0.3 is 29.6 Å². The van der Waals surface area contributed by atoms with Gasteiger partial charge < -0.3 is 24.1 Å². The predicted molar refractivity (Wildman–Crippen MR) is 124 cm³/mol. The summed E-state index contributed by atoms with van der Waals surface area (Å²) in [6, 6.07) is 13.8. The minimum atomic E-state index is -1.30. The number of carbonyl (C=O) groups excluding carboxylic acids is 1. The van der Waals surface area contributed by atoms with Crippen molar-refractivity contribution in [1.82, 2.24) is 4.98 Å². The second-order valence-corrected chi connectivity index (χ2v) is 8.16. The molecule has 4 aromatic rings. The number of benzene rings is 2. The summed E-state index contributed by atoms with van der Waals surface area (Å²) in [6.45, 7) is 0. The monoisotopic (exact) mass is 489 g/mol. The molecule has 0 saturated heterocycles. The first kappa shape index (κ1) is 25.1.